The van der Waals surface area contributed by atoms with Crippen molar-refractivity contribution in [1.82, 2.24) is 0 Å². The summed E-state index contributed by atoms with van der Waals surface area (Å²) in [6.45, 7) is 2.00. The van der Waals surface area contributed by atoms with Gasteiger partial charge < -0.3 is 0 Å². The van der Waals surface area contributed by atoms with Gasteiger partial charge in [0.15, 0.2) is 0 Å². The van der Waals surface area contributed by atoms with Crippen molar-refractivity contribution in [2.24, 2.45) is 0 Å². The first-order valence-electron chi connectivity index (χ1n) is 5.53. The van der Waals surface area contributed by atoms with E-state index in [4.69, 9.17) is 28.5 Å². The minimum absolute atomic E-state index is 0.433. The number of halogens is 2. The van der Waals surface area contributed by atoms with E-state index in [9.17, 15) is 0 Å². The fraction of sp³-hybridized carbons (Fsp3) is 0.133. The summed E-state index contributed by atoms with van der Waals surface area (Å²) in [4.78, 5) is 0. The van der Waals surface area contributed by atoms with Crippen LogP contribution in [0.25, 0.3) is 11.1 Å². The Morgan fingerprint density at radius 2 is 1.67 bits per heavy atom. The van der Waals surface area contributed by atoms with Gasteiger partial charge in [-0.05, 0) is 47.4 Å². The van der Waals surface area contributed by atoms with Crippen molar-refractivity contribution in [2.45, 2.75) is 13.3 Å². The molecule has 0 aliphatic carbocycles. The molecule has 0 spiro atoms. The number of nitrogens with zero attached hydrogens (tertiary/aromatic N) is 1. The second-order valence-electron chi connectivity index (χ2n) is 4.13. The molecule has 0 aromatic heterocycles. The van der Waals surface area contributed by atoms with E-state index in [0.717, 1.165) is 22.3 Å². The quantitative estimate of drug-likeness (QED) is 0.754. The maximum Gasteiger partial charge on any atom is 0.0669 e. The number of hydrogen-bond donors (Lipinski definition) is 0. The summed E-state index contributed by atoms with van der Waals surface area (Å²) in [6.07, 6.45) is 0.433. The Balaban J connectivity index is 2.46. The van der Waals surface area contributed by atoms with Gasteiger partial charge in [-0.1, -0.05) is 41.4 Å². The molecular formula is C15H11Cl2N. The summed E-state index contributed by atoms with van der Waals surface area (Å²) < 4.78 is 0. The lowest BCUT2D eigenvalue weighted by molar-refractivity contribution is 1.21. The Morgan fingerprint density at radius 1 is 1.00 bits per heavy atom. The molecule has 0 heterocycles. The first-order chi connectivity index (χ1) is 8.60. The van der Waals surface area contributed by atoms with E-state index in [1.807, 2.05) is 31.2 Å². The van der Waals surface area contributed by atoms with Crippen LogP contribution in [0.15, 0.2) is 36.4 Å². The Morgan fingerprint density at radius 3 is 2.22 bits per heavy atom. The molecule has 2 aromatic rings. The smallest absolute Gasteiger partial charge is 0.0669 e. The van der Waals surface area contributed by atoms with Gasteiger partial charge in [0.05, 0.1) is 12.5 Å². The highest BCUT2D eigenvalue weighted by Crippen LogP contribution is 2.28. The lowest BCUT2D eigenvalue weighted by atomic mass is 9.99. The minimum Gasteiger partial charge on any atom is -0.198 e. The standard InChI is InChI=1S/C15H11Cl2N/c1-10-6-12(3-2-11(10)4-5-18)13-7-14(16)9-15(17)8-13/h2-3,6-9H,4H2,1H3. The molecule has 0 radical (unpaired) electrons. The minimum atomic E-state index is 0.433. The van der Waals surface area contributed by atoms with Gasteiger partial charge >= 0.3 is 0 Å². The molecule has 0 saturated carbocycles. The zero-order chi connectivity index (χ0) is 13.1. The molecule has 0 aliphatic rings. The van der Waals surface area contributed by atoms with E-state index in [-0.39, 0.29) is 0 Å². The Labute approximate surface area is 117 Å². The van der Waals surface area contributed by atoms with Crippen molar-refractivity contribution >= 4 is 23.2 Å². The van der Waals surface area contributed by atoms with Crippen LogP contribution < -0.4 is 0 Å². The Kier molecular flexibility index (Phi) is 3.91. The van der Waals surface area contributed by atoms with Gasteiger partial charge in [0.1, 0.15) is 0 Å². The Hall–Kier alpha value is -1.49. The first-order valence-corrected chi connectivity index (χ1v) is 6.28. The Bertz CT molecular complexity index is 607. The zero-order valence-electron chi connectivity index (χ0n) is 9.87. The average Bonchev–Trinajstić information content (AvgIpc) is 2.30. The third kappa shape index (κ3) is 2.85. The third-order valence-corrected chi connectivity index (χ3v) is 3.24. The van der Waals surface area contributed by atoms with Crippen LogP contribution in [0.4, 0.5) is 0 Å². The average molecular weight is 276 g/mol. The number of rotatable bonds is 2. The van der Waals surface area contributed by atoms with E-state index in [1.54, 1.807) is 6.07 Å². The van der Waals surface area contributed by atoms with Crippen molar-refractivity contribution in [1.29, 1.82) is 5.26 Å². The highest BCUT2D eigenvalue weighted by molar-refractivity contribution is 6.35. The predicted molar refractivity (Wildman–Crippen MR) is 76.0 cm³/mol. The normalized spacial score (nSPS) is 10.1. The van der Waals surface area contributed by atoms with Crippen LogP contribution in [-0.4, -0.2) is 0 Å². The van der Waals surface area contributed by atoms with Gasteiger partial charge in [0, 0.05) is 10.0 Å². The fourth-order valence-electron chi connectivity index (χ4n) is 1.88. The van der Waals surface area contributed by atoms with E-state index < -0.39 is 0 Å². The lowest BCUT2D eigenvalue weighted by Crippen LogP contribution is -1.88. The summed E-state index contributed by atoms with van der Waals surface area (Å²) in [5.41, 5.74) is 4.19. The van der Waals surface area contributed by atoms with E-state index in [1.165, 1.54) is 0 Å². The maximum absolute atomic E-state index is 8.72. The molecule has 0 bridgehead atoms. The lowest BCUT2D eigenvalue weighted by Gasteiger charge is -2.07. The van der Waals surface area contributed by atoms with E-state index >= 15 is 0 Å². The van der Waals surface area contributed by atoms with Crippen molar-refractivity contribution in [2.75, 3.05) is 0 Å². The molecular weight excluding hydrogens is 265 g/mol. The molecule has 2 aromatic carbocycles. The van der Waals surface area contributed by atoms with Crippen LogP contribution in [0.1, 0.15) is 11.1 Å². The summed E-state index contributed by atoms with van der Waals surface area (Å²) >= 11 is 12.0. The second kappa shape index (κ2) is 5.44. The summed E-state index contributed by atoms with van der Waals surface area (Å²) in [5.74, 6) is 0. The van der Waals surface area contributed by atoms with Gasteiger partial charge in [0.25, 0.3) is 0 Å². The molecule has 0 fully saturated rings. The molecule has 0 atom stereocenters. The molecule has 0 saturated heterocycles. The molecule has 0 unspecified atom stereocenters. The van der Waals surface area contributed by atoms with Gasteiger partial charge in [-0.2, -0.15) is 5.26 Å². The zero-order valence-corrected chi connectivity index (χ0v) is 11.4. The second-order valence-corrected chi connectivity index (χ2v) is 5.01. The predicted octanol–water partition coefficient (Wildman–Crippen LogP) is 5.03. The molecule has 18 heavy (non-hydrogen) atoms. The molecule has 0 amide bonds. The highest BCUT2D eigenvalue weighted by Gasteiger charge is 2.04. The van der Waals surface area contributed by atoms with Crippen LogP contribution in [0.3, 0.4) is 0 Å². The maximum atomic E-state index is 8.72. The van der Waals surface area contributed by atoms with Gasteiger partial charge in [-0.3, -0.25) is 0 Å². The van der Waals surface area contributed by atoms with Crippen molar-refractivity contribution in [3.05, 3.63) is 57.6 Å². The monoisotopic (exact) mass is 275 g/mol. The van der Waals surface area contributed by atoms with Crippen LogP contribution in [0.2, 0.25) is 10.0 Å². The summed E-state index contributed by atoms with van der Waals surface area (Å²) in [7, 11) is 0. The molecule has 2 rings (SSSR count). The molecule has 0 aliphatic heterocycles. The van der Waals surface area contributed by atoms with E-state index in [2.05, 4.69) is 12.1 Å². The van der Waals surface area contributed by atoms with Crippen LogP contribution >= 0.6 is 23.2 Å². The number of aryl methyl sites for hydroxylation is 1. The number of hydrogen-bond acceptors (Lipinski definition) is 1. The highest BCUT2D eigenvalue weighted by atomic mass is 35.5. The fourth-order valence-corrected chi connectivity index (χ4v) is 2.41. The summed E-state index contributed by atoms with van der Waals surface area (Å²) in [6, 6.07) is 13.6. The first kappa shape index (κ1) is 13.0. The topological polar surface area (TPSA) is 23.8 Å². The number of benzene rings is 2. The van der Waals surface area contributed by atoms with Crippen molar-refractivity contribution in [3.63, 3.8) is 0 Å². The SMILES string of the molecule is Cc1cc(-c2cc(Cl)cc(Cl)c2)ccc1CC#N. The molecule has 3 heteroatoms. The van der Waals surface area contributed by atoms with Gasteiger partial charge in [0.2, 0.25) is 0 Å². The molecule has 90 valence electrons. The summed E-state index contributed by atoms with van der Waals surface area (Å²) in [5, 5.41) is 9.96. The van der Waals surface area contributed by atoms with Gasteiger partial charge in [-0.15, -0.1) is 0 Å². The van der Waals surface area contributed by atoms with Gasteiger partial charge in [-0.25, -0.2) is 0 Å². The molecule has 0 N–H and O–H groups in total. The van der Waals surface area contributed by atoms with Crippen LogP contribution in [0, 0.1) is 18.3 Å². The third-order valence-electron chi connectivity index (χ3n) is 2.81. The molecule has 1 nitrogen and oxygen atoms in total. The van der Waals surface area contributed by atoms with Crippen LogP contribution in [0.5, 0.6) is 0 Å². The van der Waals surface area contributed by atoms with Crippen molar-refractivity contribution in [3.8, 4) is 17.2 Å². The van der Waals surface area contributed by atoms with Crippen molar-refractivity contribution < 1.29 is 0 Å². The van der Waals surface area contributed by atoms with E-state index in [0.29, 0.717) is 16.5 Å². The number of nitriles is 1. The largest absolute Gasteiger partial charge is 0.198 e. The van der Waals surface area contributed by atoms with Crippen LogP contribution in [-0.2, 0) is 6.42 Å².